The van der Waals surface area contributed by atoms with Gasteiger partial charge >= 0.3 is 6.09 Å². The van der Waals surface area contributed by atoms with Gasteiger partial charge in [0.15, 0.2) is 0 Å². The second-order valence-corrected chi connectivity index (χ2v) is 9.69. The Balaban J connectivity index is 1.89. The molecule has 1 atom stereocenters. The molecule has 158 valence electrons. The molecule has 1 unspecified atom stereocenters. The maximum atomic E-state index is 13.0. The Kier molecular flexibility index (Phi) is 8.46. The van der Waals surface area contributed by atoms with Crippen molar-refractivity contribution in [3.05, 3.63) is 29.8 Å². The molecule has 6 nitrogen and oxygen atoms in total. The van der Waals surface area contributed by atoms with Crippen LogP contribution in [0.25, 0.3) is 0 Å². The molecule has 0 aromatic heterocycles. The van der Waals surface area contributed by atoms with Crippen molar-refractivity contribution in [2.75, 3.05) is 26.2 Å². The predicted molar refractivity (Wildman–Crippen MR) is 113 cm³/mol. The molecule has 0 bridgehead atoms. The summed E-state index contributed by atoms with van der Waals surface area (Å²) in [5, 5.41) is 2.93. The van der Waals surface area contributed by atoms with Crippen LogP contribution in [0.15, 0.2) is 29.2 Å². The Hall–Kier alpha value is -1.44. The molecule has 1 aliphatic rings. The van der Waals surface area contributed by atoms with Crippen molar-refractivity contribution < 1.29 is 13.7 Å². The number of carbonyl (C=O) groups is 1. The Labute approximate surface area is 172 Å². The number of amides is 1. The van der Waals surface area contributed by atoms with Gasteiger partial charge in [0.05, 0.1) is 4.90 Å². The van der Waals surface area contributed by atoms with Crippen molar-refractivity contribution in [1.82, 2.24) is 14.5 Å². The quantitative estimate of drug-likeness (QED) is 0.748. The minimum atomic E-state index is -1.17. The van der Waals surface area contributed by atoms with E-state index in [4.69, 9.17) is 4.74 Å². The van der Waals surface area contributed by atoms with Gasteiger partial charge in [-0.15, -0.1) is 0 Å². The Morgan fingerprint density at radius 1 is 1.25 bits per heavy atom. The monoisotopic (exact) mass is 409 g/mol. The van der Waals surface area contributed by atoms with Crippen molar-refractivity contribution in [2.45, 2.75) is 70.5 Å². The molecule has 1 amide bonds. The molecule has 1 fully saturated rings. The van der Waals surface area contributed by atoms with Crippen LogP contribution < -0.4 is 5.32 Å². The van der Waals surface area contributed by atoms with Crippen molar-refractivity contribution in [1.29, 1.82) is 0 Å². The highest BCUT2D eigenvalue weighted by Crippen LogP contribution is 2.19. The van der Waals surface area contributed by atoms with E-state index in [9.17, 15) is 9.00 Å². The average Bonchev–Trinajstić information content (AvgIpc) is 2.65. The number of nitrogens with zero attached hydrogens (tertiary/aromatic N) is 2. The lowest BCUT2D eigenvalue weighted by Crippen LogP contribution is -2.46. The Bertz CT molecular complexity index is 663. The summed E-state index contributed by atoms with van der Waals surface area (Å²) in [7, 11) is -1.17. The zero-order valence-electron chi connectivity index (χ0n) is 17.9. The van der Waals surface area contributed by atoms with Gasteiger partial charge in [-0.25, -0.2) is 13.3 Å². The van der Waals surface area contributed by atoms with Crippen molar-refractivity contribution >= 4 is 17.1 Å². The third-order valence-electron chi connectivity index (χ3n) is 4.81. The lowest BCUT2D eigenvalue weighted by molar-refractivity contribution is 0.0490. The number of piperidine rings is 1. The third-order valence-corrected chi connectivity index (χ3v) is 6.30. The van der Waals surface area contributed by atoms with E-state index in [1.807, 2.05) is 37.2 Å². The number of nitrogens with one attached hydrogen (secondary N) is 1. The van der Waals surface area contributed by atoms with Gasteiger partial charge in [-0.3, -0.25) is 4.90 Å². The van der Waals surface area contributed by atoms with Gasteiger partial charge in [0.25, 0.3) is 0 Å². The molecule has 0 spiro atoms. The number of hydrogen-bond acceptors (Lipinski definition) is 4. The normalized spacial score (nSPS) is 17.5. The fourth-order valence-corrected chi connectivity index (χ4v) is 4.53. The van der Waals surface area contributed by atoms with Gasteiger partial charge in [0.2, 0.25) is 0 Å². The molecule has 28 heavy (non-hydrogen) atoms. The van der Waals surface area contributed by atoms with Crippen LogP contribution in [0, 0.1) is 0 Å². The minimum Gasteiger partial charge on any atom is -0.444 e. The molecule has 1 heterocycles. The minimum absolute atomic E-state index is 0.0668. The molecular weight excluding hydrogens is 374 g/mol. The topological polar surface area (TPSA) is 61.9 Å². The van der Waals surface area contributed by atoms with Crippen molar-refractivity contribution in [2.24, 2.45) is 0 Å². The summed E-state index contributed by atoms with van der Waals surface area (Å²) >= 11 is 0. The highest BCUT2D eigenvalue weighted by molar-refractivity contribution is 7.82. The first kappa shape index (κ1) is 22.8. The molecule has 1 aromatic rings. The van der Waals surface area contributed by atoms with E-state index in [2.05, 4.69) is 36.2 Å². The van der Waals surface area contributed by atoms with Gasteiger partial charge < -0.3 is 10.1 Å². The third kappa shape index (κ3) is 7.18. The standard InChI is InChI=1S/C21H35N3O3S/c1-6-23(7-2)16-17-9-8-10-19(15-17)28(26)24-13-11-18(12-14-24)22-20(25)27-21(3,4)5/h8-10,15,18H,6-7,11-14,16H2,1-5H3,(H,22,25). The van der Waals surface area contributed by atoms with Crippen LogP contribution in [-0.4, -0.2) is 57.3 Å². The lowest BCUT2D eigenvalue weighted by Gasteiger charge is -2.32. The van der Waals surface area contributed by atoms with Gasteiger partial charge in [-0.2, -0.15) is 0 Å². The summed E-state index contributed by atoms with van der Waals surface area (Å²) < 4.78 is 20.3. The van der Waals surface area contributed by atoms with E-state index in [0.717, 1.165) is 37.4 Å². The second kappa shape index (κ2) is 10.4. The first-order valence-electron chi connectivity index (χ1n) is 10.2. The number of rotatable bonds is 7. The van der Waals surface area contributed by atoms with E-state index < -0.39 is 16.6 Å². The van der Waals surface area contributed by atoms with Crippen LogP contribution in [0.1, 0.15) is 53.0 Å². The molecule has 0 saturated carbocycles. The molecule has 0 radical (unpaired) electrons. The highest BCUT2D eigenvalue weighted by Gasteiger charge is 2.26. The number of carbonyl (C=O) groups excluding carboxylic acids is 1. The number of benzene rings is 1. The molecule has 2 rings (SSSR count). The van der Waals surface area contributed by atoms with Crippen LogP contribution in [0.4, 0.5) is 4.79 Å². The smallest absolute Gasteiger partial charge is 0.407 e. The number of ether oxygens (including phenoxy) is 1. The number of alkyl carbamates (subject to hydrolysis) is 1. The molecule has 1 aromatic carbocycles. The Morgan fingerprint density at radius 2 is 1.89 bits per heavy atom. The first-order chi connectivity index (χ1) is 13.2. The second-order valence-electron chi connectivity index (χ2n) is 8.21. The van der Waals surface area contributed by atoms with Gasteiger partial charge in [-0.05, 0) is 64.4 Å². The molecular formula is C21H35N3O3S. The predicted octanol–water partition coefficient (Wildman–Crippen LogP) is 3.54. The van der Waals surface area contributed by atoms with Crippen LogP contribution in [0.2, 0.25) is 0 Å². The summed E-state index contributed by atoms with van der Waals surface area (Å²) in [4.78, 5) is 15.1. The SMILES string of the molecule is CCN(CC)Cc1cccc(S(=O)N2CCC(NC(=O)OC(C)(C)C)CC2)c1. The zero-order valence-corrected chi connectivity index (χ0v) is 18.7. The summed E-state index contributed by atoms with van der Waals surface area (Å²) in [6, 6.07) is 8.14. The molecule has 1 aliphatic heterocycles. The van der Waals surface area contributed by atoms with E-state index in [1.165, 1.54) is 5.56 Å². The maximum absolute atomic E-state index is 13.0. The maximum Gasteiger partial charge on any atom is 0.407 e. The summed E-state index contributed by atoms with van der Waals surface area (Å²) in [6.45, 7) is 14.1. The molecule has 0 aliphatic carbocycles. The zero-order chi connectivity index (χ0) is 20.7. The molecule has 1 saturated heterocycles. The number of hydrogen-bond donors (Lipinski definition) is 1. The van der Waals surface area contributed by atoms with Gasteiger partial charge in [0, 0.05) is 25.7 Å². The van der Waals surface area contributed by atoms with Gasteiger partial charge in [0.1, 0.15) is 16.6 Å². The van der Waals surface area contributed by atoms with Crippen LogP contribution in [0.5, 0.6) is 0 Å². The van der Waals surface area contributed by atoms with E-state index in [0.29, 0.717) is 13.1 Å². The van der Waals surface area contributed by atoms with Crippen molar-refractivity contribution in [3.63, 3.8) is 0 Å². The van der Waals surface area contributed by atoms with Gasteiger partial charge in [-0.1, -0.05) is 26.0 Å². The van der Waals surface area contributed by atoms with E-state index in [-0.39, 0.29) is 12.1 Å². The summed E-state index contributed by atoms with van der Waals surface area (Å²) in [5.74, 6) is 0. The highest BCUT2D eigenvalue weighted by atomic mass is 32.2. The Morgan fingerprint density at radius 3 is 2.46 bits per heavy atom. The fraction of sp³-hybridized carbons (Fsp3) is 0.667. The van der Waals surface area contributed by atoms with Crippen LogP contribution in [0.3, 0.4) is 0 Å². The summed E-state index contributed by atoms with van der Waals surface area (Å²) in [5.41, 5.74) is 0.693. The van der Waals surface area contributed by atoms with Crippen LogP contribution in [-0.2, 0) is 22.3 Å². The lowest BCUT2D eigenvalue weighted by atomic mass is 10.1. The molecule has 1 N–H and O–H groups in total. The van der Waals surface area contributed by atoms with Crippen molar-refractivity contribution in [3.8, 4) is 0 Å². The van der Waals surface area contributed by atoms with E-state index >= 15 is 0 Å². The average molecular weight is 410 g/mol. The summed E-state index contributed by atoms with van der Waals surface area (Å²) in [6.07, 6.45) is 1.16. The van der Waals surface area contributed by atoms with E-state index in [1.54, 1.807) is 0 Å². The fourth-order valence-electron chi connectivity index (χ4n) is 3.25. The first-order valence-corrected chi connectivity index (χ1v) is 11.3. The van der Waals surface area contributed by atoms with Crippen LogP contribution >= 0.6 is 0 Å². The molecule has 7 heteroatoms. The largest absolute Gasteiger partial charge is 0.444 e.